The number of para-hydroxylation sites is 1. The smallest absolute Gasteiger partial charge is 0.255 e. The molecule has 3 aromatic carbocycles. The maximum absolute atomic E-state index is 14.1. The Morgan fingerprint density at radius 3 is 2.46 bits per heavy atom. The predicted octanol–water partition coefficient (Wildman–Crippen LogP) is 4.85. The van der Waals surface area contributed by atoms with Crippen LogP contribution in [-0.4, -0.2) is 39.7 Å². The monoisotopic (exact) mass is 467 g/mol. The molecule has 6 heteroatoms. The van der Waals surface area contributed by atoms with E-state index in [1.165, 1.54) is 17.7 Å². The molecular weight excluding hydrogens is 441 g/mol. The zero-order valence-electron chi connectivity index (χ0n) is 19.7. The van der Waals surface area contributed by atoms with Crippen LogP contribution in [0.15, 0.2) is 72.8 Å². The molecule has 6 rings (SSSR count). The number of H-pyrrole nitrogens is 1. The fourth-order valence-electron chi connectivity index (χ4n) is 5.71. The van der Waals surface area contributed by atoms with Crippen molar-refractivity contribution in [3.63, 3.8) is 0 Å². The summed E-state index contributed by atoms with van der Waals surface area (Å²) in [7, 11) is 0. The van der Waals surface area contributed by atoms with Gasteiger partial charge in [-0.2, -0.15) is 0 Å². The molecule has 2 amide bonds. The first kappa shape index (κ1) is 21.6. The van der Waals surface area contributed by atoms with Crippen molar-refractivity contribution in [2.45, 2.75) is 31.8 Å². The van der Waals surface area contributed by atoms with E-state index in [1.807, 2.05) is 25.1 Å². The number of hydrogen-bond donors (Lipinski definition) is 1. The number of nitrogens with zero attached hydrogens (tertiary/aromatic N) is 2. The summed E-state index contributed by atoms with van der Waals surface area (Å²) in [6.45, 7) is 4.60. The number of carbonyl (C=O) groups excluding carboxylic acids is 2. The third-order valence-electron chi connectivity index (χ3n) is 7.58. The predicted molar refractivity (Wildman–Crippen MR) is 132 cm³/mol. The van der Waals surface area contributed by atoms with Crippen LogP contribution >= 0.6 is 0 Å². The SMILES string of the molecule is Cc1ccc(C2CN3C(=O)CN(Cc4ccc(F)cc4)C(=O)[C@]3(C)c3[nH]c4ccccc4c32)cc1. The molecule has 1 fully saturated rings. The molecule has 1 unspecified atom stereocenters. The minimum atomic E-state index is -1.15. The summed E-state index contributed by atoms with van der Waals surface area (Å²) in [5.41, 5.74) is 4.74. The van der Waals surface area contributed by atoms with Crippen molar-refractivity contribution >= 4 is 22.7 Å². The van der Waals surface area contributed by atoms with Gasteiger partial charge < -0.3 is 14.8 Å². The summed E-state index contributed by atoms with van der Waals surface area (Å²) in [4.78, 5) is 34.5. The van der Waals surface area contributed by atoms with E-state index in [-0.39, 0.29) is 36.6 Å². The summed E-state index contributed by atoms with van der Waals surface area (Å²) in [5.74, 6) is -0.590. The van der Waals surface area contributed by atoms with Crippen molar-refractivity contribution in [2.75, 3.05) is 13.1 Å². The molecule has 2 aliphatic heterocycles. The van der Waals surface area contributed by atoms with Crippen molar-refractivity contribution in [1.29, 1.82) is 0 Å². The van der Waals surface area contributed by atoms with Gasteiger partial charge in [0.25, 0.3) is 5.91 Å². The van der Waals surface area contributed by atoms with Crippen LogP contribution in [0.25, 0.3) is 10.9 Å². The number of aromatic nitrogens is 1. The Kier molecular flexibility index (Phi) is 4.81. The topological polar surface area (TPSA) is 56.4 Å². The second kappa shape index (κ2) is 7.80. The van der Waals surface area contributed by atoms with Gasteiger partial charge in [0.05, 0.1) is 5.69 Å². The van der Waals surface area contributed by atoms with Crippen LogP contribution in [0, 0.1) is 12.7 Å². The molecule has 1 aromatic heterocycles. The van der Waals surface area contributed by atoms with Crippen molar-refractivity contribution in [3.05, 3.63) is 107 Å². The van der Waals surface area contributed by atoms with Crippen LogP contribution in [0.2, 0.25) is 0 Å². The Hall–Kier alpha value is -3.93. The number of nitrogens with one attached hydrogen (secondary N) is 1. The Labute approximate surface area is 203 Å². The molecule has 0 bridgehead atoms. The molecule has 0 radical (unpaired) electrons. The number of rotatable bonds is 3. The highest BCUT2D eigenvalue weighted by molar-refractivity contribution is 6.01. The van der Waals surface area contributed by atoms with Gasteiger partial charge in [0.2, 0.25) is 5.91 Å². The van der Waals surface area contributed by atoms with Crippen LogP contribution in [-0.2, 0) is 21.7 Å². The van der Waals surface area contributed by atoms with Gasteiger partial charge in [-0.1, -0.05) is 60.2 Å². The van der Waals surface area contributed by atoms with Gasteiger partial charge in [0.15, 0.2) is 5.54 Å². The lowest BCUT2D eigenvalue weighted by Crippen LogP contribution is -2.67. The number of benzene rings is 3. The molecule has 0 spiro atoms. The number of aromatic amines is 1. The van der Waals surface area contributed by atoms with E-state index >= 15 is 0 Å². The standard InChI is InChI=1S/C29H26FN3O2/c1-18-7-11-20(12-8-18)23-16-33-25(34)17-32(15-19-9-13-21(30)14-10-19)28(35)29(33,2)27-26(23)22-5-3-4-6-24(22)31-27/h3-14,23,31H,15-17H2,1-2H3/t23?,29-/m0/s1. The molecule has 0 saturated carbocycles. The molecule has 2 atom stereocenters. The summed E-state index contributed by atoms with van der Waals surface area (Å²) >= 11 is 0. The summed E-state index contributed by atoms with van der Waals surface area (Å²) in [6, 6.07) is 22.5. The first-order chi connectivity index (χ1) is 16.9. The second-order valence-electron chi connectivity index (χ2n) is 9.79. The van der Waals surface area contributed by atoms with E-state index < -0.39 is 5.54 Å². The fraction of sp³-hybridized carbons (Fsp3) is 0.241. The molecule has 35 heavy (non-hydrogen) atoms. The number of halogens is 1. The molecule has 1 saturated heterocycles. The lowest BCUT2D eigenvalue weighted by molar-refractivity contribution is -0.166. The van der Waals surface area contributed by atoms with E-state index in [1.54, 1.807) is 21.9 Å². The number of carbonyl (C=O) groups is 2. The summed E-state index contributed by atoms with van der Waals surface area (Å²) in [6.07, 6.45) is 0. The van der Waals surface area contributed by atoms with Gasteiger partial charge in [0, 0.05) is 29.9 Å². The highest BCUT2D eigenvalue weighted by Gasteiger charge is 2.56. The van der Waals surface area contributed by atoms with E-state index in [9.17, 15) is 14.0 Å². The minimum Gasteiger partial charge on any atom is -0.356 e. The molecule has 4 aromatic rings. The Bertz CT molecular complexity index is 1460. The van der Waals surface area contributed by atoms with E-state index in [2.05, 4.69) is 42.2 Å². The molecule has 3 heterocycles. The largest absolute Gasteiger partial charge is 0.356 e. The molecule has 0 aliphatic carbocycles. The number of amides is 2. The van der Waals surface area contributed by atoms with E-state index in [4.69, 9.17) is 0 Å². The van der Waals surface area contributed by atoms with Crippen LogP contribution < -0.4 is 0 Å². The average Bonchev–Trinajstić information content (AvgIpc) is 3.25. The van der Waals surface area contributed by atoms with Gasteiger partial charge in [-0.3, -0.25) is 9.59 Å². The second-order valence-corrected chi connectivity index (χ2v) is 9.79. The first-order valence-electron chi connectivity index (χ1n) is 11.9. The van der Waals surface area contributed by atoms with Gasteiger partial charge in [-0.05, 0) is 48.7 Å². The fourth-order valence-corrected chi connectivity index (χ4v) is 5.71. The molecule has 1 N–H and O–H groups in total. The third kappa shape index (κ3) is 3.27. The summed E-state index contributed by atoms with van der Waals surface area (Å²) < 4.78 is 13.4. The van der Waals surface area contributed by atoms with Crippen molar-refractivity contribution in [1.82, 2.24) is 14.8 Å². The van der Waals surface area contributed by atoms with E-state index in [0.717, 1.165) is 33.3 Å². The van der Waals surface area contributed by atoms with Crippen LogP contribution in [0.3, 0.4) is 0 Å². The Balaban J connectivity index is 1.49. The van der Waals surface area contributed by atoms with Crippen molar-refractivity contribution < 1.29 is 14.0 Å². The molecule has 176 valence electrons. The number of aryl methyl sites for hydroxylation is 1. The van der Waals surface area contributed by atoms with E-state index in [0.29, 0.717) is 6.54 Å². The first-order valence-corrected chi connectivity index (χ1v) is 11.9. The molecule has 5 nitrogen and oxygen atoms in total. The lowest BCUT2D eigenvalue weighted by atomic mass is 9.76. The highest BCUT2D eigenvalue weighted by atomic mass is 19.1. The Morgan fingerprint density at radius 1 is 1.00 bits per heavy atom. The molecular formula is C29H26FN3O2. The highest BCUT2D eigenvalue weighted by Crippen LogP contribution is 2.48. The maximum atomic E-state index is 14.1. The zero-order valence-corrected chi connectivity index (χ0v) is 19.7. The number of hydrogen-bond acceptors (Lipinski definition) is 2. The molecule has 2 aliphatic rings. The number of fused-ring (bicyclic) bond motifs is 5. The number of piperazine rings is 1. The van der Waals surface area contributed by atoms with Crippen LogP contribution in [0.1, 0.15) is 40.8 Å². The quantitative estimate of drug-likeness (QED) is 0.469. The van der Waals surface area contributed by atoms with Crippen molar-refractivity contribution in [3.8, 4) is 0 Å². The third-order valence-corrected chi connectivity index (χ3v) is 7.58. The zero-order chi connectivity index (χ0) is 24.3. The van der Waals surface area contributed by atoms with Gasteiger partial charge >= 0.3 is 0 Å². The van der Waals surface area contributed by atoms with Crippen LogP contribution in [0.4, 0.5) is 4.39 Å². The lowest BCUT2D eigenvalue weighted by Gasteiger charge is -2.51. The normalized spacial score (nSPS) is 21.9. The van der Waals surface area contributed by atoms with Crippen LogP contribution in [0.5, 0.6) is 0 Å². The van der Waals surface area contributed by atoms with Crippen molar-refractivity contribution in [2.24, 2.45) is 0 Å². The average molecular weight is 468 g/mol. The van der Waals surface area contributed by atoms with Gasteiger partial charge in [-0.25, -0.2) is 4.39 Å². The Morgan fingerprint density at radius 2 is 1.71 bits per heavy atom. The van der Waals surface area contributed by atoms with Gasteiger partial charge in [0.1, 0.15) is 12.4 Å². The van der Waals surface area contributed by atoms with Gasteiger partial charge in [-0.15, -0.1) is 0 Å². The minimum absolute atomic E-state index is 0.00196. The maximum Gasteiger partial charge on any atom is 0.255 e. The summed E-state index contributed by atoms with van der Waals surface area (Å²) in [5, 5.41) is 1.07.